The molecular weight excluding hydrogens is 859 g/mol. The summed E-state index contributed by atoms with van der Waals surface area (Å²) >= 11 is 0. The van der Waals surface area contributed by atoms with E-state index in [2.05, 4.69) is 27.7 Å². The van der Waals surface area contributed by atoms with Gasteiger partial charge >= 0.3 is 59.1 Å². The van der Waals surface area contributed by atoms with Gasteiger partial charge < -0.3 is 31.3 Å². The van der Waals surface area contributed by atoms with Crippen molar-refractivity contribution in [3.63, 3.8) is 0 Å². The first-order chi connectivity index (χ1) is 28.3. The van der Waals surface area contributed by atoms with E-state index in [-0.39, 0.29) is 84.8 Å². The first-order valence-corrected chi connectivity index (χ1v) is 26.2. The van der Waals surface area contributed by atoms with Crippen molar-refractivity contribution in [1.82, 2.24) is 0 Å². The third-order valence-electron chi connectivity index (χ3n) is 11.8. The number of aliphatic carboxylic acids is 2. The van der Waals surface area contributed by atoms with E-state index in [9.17, 15) is 55.3 Å². The van der Waals surface area contributed by atoms with Gasteiger partial charge in [-0.3, -0.25) is 18.7 Å². The Morgan fingerprint density at radius 1 is 0.403 bits per heavy atom. The van der Waals surface area contributed by atoms with Gasteiger partial charge in [0, 0.05) is 22.8 Å². The second-order valence-electron chi connectivity index (χ2n) is 17.0. The Morgan fingerprint density at radius 3 is 0.694 bits per heavy atom. The van der Waals surface area contributed by atoms with Gasteiger partial charge in [0.05, 0.1) is 0 Å². The Balaban J connectivity index is -0.000000526. The molecule has 14 nitrogen and oxygen atoms in total. The van der Waals surface area contributed by atoms with Gasteiger partial charge in [-0.2, -0.15) is 16.8 Å². The molecule has 0 heterocycles. The summed E-state index contributed by atoms with van der Waals surface area (Å²) < 4.78 is 66.8. The molecule has 18 heteroatoms. The second-order valence-corrected chi connectivity index (χ2v) is 20.0. The number of nitrogens with two attached hydrogens (primary N) is 2. The average molecular weight is 943 g/mol. The molecule has 0 saturated heterocycles. The van der Waals surface area contributed by atoms with Crippen LogP contribution in [0, 0.1) is 10.8 Å². The molecule has 0 radical (unpaired) electrons. The number of rotatable bonds is 40. The molecule has 0 bridgehead atoms. The fourth-order valence-corrected chi connectivity index (χ4v) is 10.8. The minimum atomic E-state index is -4.97. The van der Waals surface area contributed by atoms with Gasteiger partial charge in [-0.25, -0.2) is 0 Å². The maximum absolute atomic E-state index is 12.1. The molecule has 0 spiro atoms. The molecule has 0 aliphatic heterocycles. The molecule has 0 saturated carbocycles. The molecule has 2 amide bonds. The Labute approximate surface area is 420 Å². The molecule has 0 aromatic heterocycles. The van der Waals surface area contributed by atoms with Gasteiger partial charge in [0.15, 0.2) is 10.5 Å². The van der Waals surface area contributed by atoms with Crippen LogP contribution in [0.2, 0.25) is 0 Å². The van der Waals surface area contributed by atoms with E-state index in [0.29, 0.717) is 25.7 Å². The molecule has 4 atom stereocenters. The van der Waals surface area contributed by atoms with Crippen molar-refractivity contribution in [2.24, 2.45) is 22.3 Å². The van der Waals surface area contributed by atoms with Crippen LogP contribution in [-0.4, -0.2) is 60.2 Å². The number of primary amides is 2. The summed E-state index contributed by atoms with van der Waals surface area (Å²) in [6.45, 7) is 8.48. The normalized spacial score (nSPS) is 14.4. The molecule has 6 N–H and O–H groups in total. The van der Waals surface area contributed by atoms with Crippen LogP contribution in [0.1, 0.15) is 233 Å². The van der Waals surface area contributed by atoms with E-state index < -0.39 is 65.3 Å². The van der Waals surface area contributed by atoms with Crippen LogP contribution in [0.3, 0.4) is 0 Å². The molecule has 62 heavy (non-hydrogen) atoms. The van der Waals surface area contributed by atoms with Crippen molar-refractivity contribution in [2.45, 2.75) is 244 Å². The van der Waals surface area contributed by atoms with Crippen LogP contribution < -0.4 is 80.8 Å². The Bertz CT molecular complexity index is 1300. The number of carbonyl (C=O) groups excluding carboxylic acids is 4. The molecule has 0 aromatic rings. The van der Waals surface area contributed by atoms with Crippen LogP contribution in [0.25, 0.3) is 0 Å². The molecule has 0 rings (SSSR count). The summed E-state index contributed by atoms with van der Waals surface area (Å²) in [6.07, 6.45) is 25.8. The summed E-state index contributed by atoms with van der Waals surface area (Å²) in [5.41, 5.74) is 6.50. The van der Waals surface area contributed by atoms with Crippen molar-refractivity contribution >= 4 is 44.0 Å². The van der Waals surface area contributed by atoms with E-state index >= 15 is 0 Å². The van der Waals surface area contributed by atoms with E-state index in [1.807, 2.05) is 0 Å². The molecule has 0 aromatic carbocycles. The number of carboxylic acid groups (broad SMARTS) is 2. The Hall–Kier alpha value is -0.300. The molecular formula is C44H84N2Na2O12S2. The molecule has 4 unspecified atom stereocenters. The van der Waals surface area contributed by atoms with Gasteiger partial charge in [-0.1, -0.05) is 207 Å². The van der Waals surface area contributed by atoms with Crippen molar-refractivity contribution in [3.05, 3.63) is 0 Å². The van der Waals surface area contributed by atoms with E-state index in [4.69, 9.17) is 11.5 Å². The molecule has 356 valence electrons. The maximum atomic E-state index is 12.1. The van der Waals surface area contributed by atoms with Gasteiger partial charge in [0.1, 0.15) is 0 Å². The average Bonchev–Trinajstić information content (AvgIpc) is 3.14. The first kappa shape index (κ1) is 68.3. The Morgan fingerprint density at radius 2 is 0.565 bits per heavy atom. The fraction of sp³-hybridized carbons (Fsp3) is 0.909. The molecule has 0 aliphatic rings. The summed E-state index contributed by atoms with van der Waals surface area (Å²) in [5.74, 6) is -5.93. The zero-order chi connectivity index (χ0) is 46.1. The third kappa shape index (κ3) is 29.4. The Kier molecular flexibility index (Phi) is 43.9. The van der Waals surface area contributed by atoms with E-state index in [1.165, 1.54) is 25.7 Å². The molecule has 0 fully saturated rings. The summed E-state index contributed by atoms with van der Waals surface area (Å²) in [5, 5.41) is 19.9. The number of hydrogen-bond donors (Lipinski definition) is 4. The van der Waals surface area contributed by atoms with Crippen LogP contribution in [0.15, 0.2) is 0 Å². The summed E-state index contributed by atoms with van der Waals surface area (Å²) in [7, 11) is -9.94. The zero-order valence-electron chi connectivity index (χ0n) is 39.7. The zero-order valence-corrected chi connectivity index (χ0v) is 45.4. The smallest absolute Gasteiger partial charge is 0.549 e. The van der Waals surface area contributed by atoms with E-state index in [1.54, 1.807) is 0 Å². The SMILES string of the molecule is CCCCCCCCCCC(CCCCCCCC)(C(=O)[O-])C(C(N)=O)S(=O)(=O)O.CCCCCCCCCCC(CCCCCCCC)(C(=O)[O-])C(C(N)=O)S(=O)(=O)O.[Na+].[Na+]. The topological polar surface area (TPSA) is 275 Å². The van der Waals surface area contributed by atoms with Crippen molar-refractivity contribution in [3.8, 4) is 0 Å². The minimum Gasteiger partial charge on any atom is -0.549 e. The standard InChI is InChI=1S/2C22H43NO6S.2Na/c2*1-3-5-7-9-11-12-14-16-18-22(21(25)26,17-15-13-10-8-6-4-2)19(20(23)24)30(27,28)29;;/h2*19H,3-18H2,1-2H3,(H2,23,24)(H,25,26)(H,27,28,29);;/q;;2*+1/p-2. The van der Waals surface area contributed by atoms with Gasteiger partial charge in [-0.05, 0) is 25.7 Å². The van der Waals surface area contributed by atoms with E-state index in [0.717, 1.165) is 128 Å². The summed E-state index contributed by atoms with van der Waals surface area (Å²) in [4.78, 5) is 48.0. The van der Waals surface area contributed by atoms with Gasteiger partial charge in [0.25, 0.3) is 20.2 Å². The minimum absolute atomic E-state index is 0. The van der Waals surface area contributed by atoms with Crippen molar-refractivity contribution < 1.29 is 114 Å². The monoisotopic (exact) mass is 943 g/mol. The predicted molar refractivity (Wildman–Crippen MR) is 234 cm³/mol. The van der Waals surface area contributed by atoms with Crippen LogP contribution in [-0.2, 0) is 39.4 Å². The van der Waals surface area contributed by atoms with Gasteiger partial charge in [0.2, 0.25) is 11.8 Å². The van der Waals surface area contributed by atoms with Crippen molar-refractivity contribution in [2.75, 3.05) is 0 Å². The second kappa shape index (κ2) is 39.8. The maximum Gasteiger partial charge on any atom is 1.00 e. The molecule has 0 aliphatic carbocycles. The number of amides is 2. The quantitative estimate of drug-likeness (QED) is 0.0387. The number of hydrogen-bond acceptors (Lipinski definition) is 10. The summed E-state index contributed by atoms with van der Waals surface area (Å²) in [6, 6.07) is 0. The number of carbonyl (C=O) groups is 4. The van der Waals surface area contributed by atoms with Crippen LogP contribution in [0.4, 0.5) is 0 Å². The van der Waals surface area contributed by atoms with Crippen LogP contribution in [0.5, 0.6) is 0 Å². The third-order valence-corrected chi connectivity index (χ3v) is 14.4. The predicted octanol–water partition coefficient (Wildman–Crippen LogP) is 1.50. The number of carboxylic acids is 2. The van der Waals surface area contributed by atoms with Crippen LogP contribution >= 0.6 is 0 Å². The number of unbranched alkanes of at least 4 members (excludes halogenated alkanes) is 24. The largest absolute Gasteiger partial charge is 1.00 e. The first-order valence-electron chi connectivity index (χ1n) is 23.2. The van der Waals surface area contributed by atoms with Gasteiger partial charge in [-0.15, -0.1) is 0 Å². The fourth-order valence-electron chi connectivity index (χ4n) is 8.40. The van der Waals surface area contributed by atoms with Crippen molar-refractivity contribution in [1.29, 1.82) is 0 Å².